The van der Waals surface area contributed by atoms with E-state index in [2.05, 4.69) is 67.6 Å². The molecule has 0 atom stereocenters. The second kappa shape index (κ2) is 9.58. The highest BCUT2D eigenvalue weighted by molar-refractivity contribution is 7.08. The molecule has 0 saturated carbocycles. The van der Waals surface area contributed by atoms with Crippen molar-refractivity contribution in [2.45, 2.75) is 20.8 Å². The lowest BCUT2D eigenvalue weighted by atomic mass is 10.00. The Hall–Kier alpha value is -3.77. The zero-order chi connectivity index (χ0) is 22.5. The van der Waals surface area contributed by atoms with E-state index in [1.165, 1.54) is 5.56 Å². The molecule has 160 valence electrons. The number of aryl methyl sites for hydroxylation is 1. The van der Waals surface area contributed by atoms with Crippen LogP contribution in [0.2, 0.25) is 0 Å². The van der Waals surface area contributed by atoms with Crippen molar-refractivity contribution in [3.05, 3.63) is 95.1 Å². The summed E-state index contributed by atoms with van der Waals surface area (Å²) in [6.45, 7) is 9.97. The molecule has 0 fully saturated rings. The number of H-pyrrole nitrogens is 2. The van der Waals surface area contributed by atoms with Crippen molar-refractivity contribution < 1.29 is 0 Å². The first-order chi connectivity index (χ1) is 15.7. The first-order valence-corrected chi connectivity index (χ1v) is 11.5. The van der Waals surface area contributed by atoms with Gasteiger partial charge in [-0.2, -0.15) is 16.4 Å². The number of thiophene rings is 1. The summed E-state index contributed by atoms with van der Waals surface area (Å²) in [6, 6.07) is 12.2. The molecule has 0 spiro atoms. The van der Waals surface area contributed by atoms with Gasteiger partial charge < -0.3 is 4.98 Å². The largest absolute Gasteiger partial charge is 0.357 e. The van der Waals surface area contributed by atoms with Gasteiger partial charge in [0.15, 0.2) is 5.65 Å². The third-order valence-corrected chi connectivity index (χ3v) is 5.74. The number of pyridine rings is 2. The zero-order valence-corrected chi connectivity index (χ0v) is 19.2. The maximum atomic E-state index is 4.52. The van der Waals surface area contributed by atoms with E-state index in [1.807, 2.05) is 50.4 Å². The molecule has 0 unspecified atom stereocenters. The first-order valence-electron chi connectivity index (χ1n) is 10.6. The molecule has 0 amide bonds. The van der Waals surface area contributed by atoms with Gasteiger partial charge in [-0.05, 0) is 59.2 Å². The van der Waals surface area contributed by atoms with Gasteiger partial charge in [0.05, 0.1) is 17.1 Å². The first kappa shape index (κ1) is 21.5. The second-order valence-electron chi connectivity index (χ2n) is 6.96. The van der Waals surface area contributed by atoms with Crippen LogP contribution in [0.5, 0.6) is 0 Å². The maximum absolute atomic E-state index is 4.52. The van der Waals surface area contributed by atoms with Crippen LogP contribution in [0.4, 0.5) is 0 Å². The highest BCUT2D eigenvalue weighted by Gasteiger charge is 2.16. The smallest absolute Gasteiger partial charge is 0.181 e. The quantitative estimate of drug-likeness (QED) is 0.289. The van der Waals surface area contributed by atoms with Crippen molar-refractivity contribution >= 4 is 27.9 Å². The lowest BCUT2D eigenvalue weighted by Crippen LogP contribution is -1.86. The molecule has 5 nitrogen and oxygen atoms in total. The Morgan fingerprint density at radius 1 is 1.12 bits per heavy atom. The number of fused-ring (bicyclic) bond motifs is 1. The molecule has 5 heterocycles. The minimum Gasteiger partial charge on any atom is -0.357 e. The van der Waals surface area contributed by atoms with Gasteiger partial charge in [0, 0.05) is 34.6 Å². The molecule has 32 heavy (non-hydrogen) atoms. The van der Waals surface area contributed by atoms with E-state index in [9.17, 15) is 0 Å². The van der Waals surface area contributed by atoms with E-state index >= 15 is 0 Å². The van der Waals surface area contributed by atoms with Crippen LogP contribution in [-0.2, 0) is 0 Å². The molecule has 6 heteroatoms. The van der Waals surface area contributed by atoms with Gasteiger partial charge in [-0.25, -0.2) is 4.98 Å². The normalized spacial score (nSPS) is 11.3. The number of aromatic nitrogens is 5. The van der Waals surface area contributed by atoms with Gasteiger partial charge in [-0.3, -0.25) is 10.1 Å². The Labute approximate surface area is 191 Å². The van der Waals surface area contributed by atoms with E-state index in [0.717, 1.165) is 44.9 Å². The van der Waals surface area contributed by atoms with Gasteiger partial charge in [-0.15, -0.1) is 0 Å². The zero-order valence-electron chi connectivity index (χ0n) is 18.4. The molecule has 0 bridgehead atoms. The number of aromatic amines is 2. The minimum absolute atomic E-state index is 0.679. The molecule has 5 aromatic rings. The van der Waals surface area contributed by atoms with Crippen molar-refractivity contribution in [2.75, 3.05) is 0 Å². The molecular weight excluding hydrogens is 414 g/mol. The van der Waals surface area contributed by atoms with Crippen molar-refractivity contribution in [1.29, 1.82) is 0 Å². The molecule has 0 aliphatic heterocycles. The second-order valence-corrected chi connectivity index (χ2v) is 7.74. The van der Waals surface area contributed by atoms with Crippen LogP contribution >= 0.6 is 11.3 Å². The van der Waals surface area contributed by atoms with Gasteiger partial charge in [0.1, 0.15) is 0 Å². The Balaban J connectivity index is 0.00000119. The van der Waals surface area contributed by atoms with Crippen LogP contribution in [0.25, 0.3) is 39.3 Å². The fourth-order valence-corrected chi connectivity index (χ4v) is 4.28. The van der Waals surface area contributed by atoms with Gasteiger partial charge in [-0.1, -0.05) is 38.6 Å². The Bertz CT molecular complexity index is 1360. The van der Waals surface area contributed by atoms with Crippen LogP contribution < -0.4 is 0 Å². The molecule has 0 aromatic carbocycles. The molecule has 2 N–H and O–H groups in total. The SMILES string of the molecule is C=C/C=C(/c1ccsc1)c1cc(-c2[nH]nc3ncc(-c4ccccn4)cc23)[nH]c1C.CC. The summed E-state index contributed by atoms with van der Waals surface area (Å²) < 4.78 is 0. The average molecular weight is 440 g/mol. The number of hydrogen-bond donors (Lipinski definition) is 2. The summed E-state index contributed by atoms with van der Waals surface area (Å²) in [7, 11) is 0. The van der Waals surface area contributed by atoms with E-state index in [-0.39, 0.29) is 0 Å². The monoisotopic (exact) mass is 439 g/mol. The fraction of sp³-hybridized carbons (Fsp3) is 0.115. The van der Waals surface area contributed by atoms with Gasteiger partial charge in [0.25, 0.3) is 0 Å². The molecule has 0 aliphatic rings. The molecule has 0 saturated heterocycles. The highest BCUT2D eigenvalue weighted by Crippen LogP contribution is 2.34. The van der Waals surface area contributed by atoms with Crippen LogP contribution in [0, 0.1) is 6.92 Å². The summed E-state index contributed by atoms with van der Waals surface area (Å²) >= 11 is 1.68. The van der Waals surface area contributed by atoms with Crippen molar-refractivity contribution in [1.82, 2.24) is 25.1 Å². The highest BCUT2D eigenvalue weighted by atomic mass is 32.1. The topological polar surface area (TPSA) is 70.2 Å². The van der Waals surface area contributed by atoms with Crippen LogP contribution in [0.1, 0.15) is 30.7 Å². The lowest BCUT2D eigenvalue weighted by Gasteiger charge is -2.04. The van der Waals surface area contributed by atoms with Crippen molar-refractivity contribution in [3.8, 4) is 22.6 Å². The van der Waals surface area contributed by atoms with Crippen LogP contribution in [0.15, 0.2) is 78.3 Å². The predicted octanol–water partition coefficient (Wildman–Crippen LogP) is 7.03. The van der Waals surface area contributed by atoms with Gasteiger partial charge in [0.2, 0.25) is 0 Å². The number of nitrogens with zero attached hydrogens (tertiary/aromatic N) is 3. The third kappa shape index (κ3) is 4.05. The van der Waals surface area contributed by atoms with Gasteiger partial charge >= 0.3 is 0 Å². The summed E-state index contributed by atoms with van der Waals surface area (Å²) in [5.41, 5.74) is 8.95. The average Bonchev–Trinajstić information content (AvgIpc) is 3.59. The van der Waals surface area contributed by atoms with E-state index in [1.54, 1.807) is 17.5 Å². The Kier molecular flexibility index (Phi) is 6.42. The van der Waals surface area contributed by atoms with E-state index < -0.39 is 0 Å². The number of hydrogen-bond acceptors (Lipinski definition) is 4. The summed E-state index contributed by atoms with van der Waals surface area (Å²) in [5.74, 6) is 0. The molecule has 5 aromatic heterocycles. The molecular formula is C26H25N5S. The molecule has 0 aliphatic carbocycles. The predicted molar refractivity (Wildman–Crippen MR) is 135 cm³/mol. The van der Waals surface area contributed by atoms with Crippen LogP contribution in [0.3, 0.4) is 0 Å². The summed E-state index contributed by atoms with van der Waals surface area (Å²) in [6.07, 6.45) is 7.47. The number of nitrogens with one attached hydrogen (secondary N) is 2. The standard InChI is InChI=1S/C24H19N5S.C2H6/c1-3-6-18(16-8-10-30-14-16)19-12-22(27-15(19)2)23-20-11-17(13-26-24(20)29-28-23)21-7-4-5-9-25-21;1-2/h3-14,27H,1H2,2H3,(H,26,28,29);1-2H3/b18-6-;. The van der Waals surface area contributed by atoms with E-state index in [4.69, 9.17) is 0 Å². The lowest BCUT2D eigenvalue weighted by molar-refractivity contribution is 1.09. The Morgan fingerprint density at radius 3 is 2.72 bits per heavy atom. The fourth-order valence-electron chi connectivity index (χ4n) is 3.63. The van der Waals surface area contributed by atoms with Crippen LogP contribution in [-0.4, -0.2) is 25.1 Å². The number of rotatable bonds is 5. The van der Waals surface area contributed by atoms with Crippen molar-refractivity contribution in [2.24, 2.45) is 0 Å². The summed E-state index contributed by atoms with van der Waals surface area (Å²) in [5, 5.41) is 12.7. The number of allylic oxidation sites excluding steroid dienone is 2. The summed E-state index contributed by atoms with van der Waals surface area (Å²) in [4.78, 5) is 12.5. The Morgan fingerprint density at radius 2 is 2.00 bits per heavy atom. The van der Waals surface area contributed by atoms with E-state index in [0.29, 0.717) is 5.65 Å². The maximum Gasteiger partial charge on any atom is 0.181 e. The molecule has 0 radical (unpaired) electrons. The minimum atomic E-state index is 0.679. The third-order valence-electron chi connectivity index (χ3n) is 5.06. The molecule has 5 rings (SSSR count). The van der Waals surface area contributed by atoms with Crippen molar-refractivity contribution in [3.63, 3.8) is 0 Å².